The first kappa shape index (κ1) is 15.3. The van der Waals surface area contributed by atoms with Crippen LogP contribution in [0.3, 0.4) is 0 Å². The van der Waals surface area contributed by atoms with Gasteiger partial charge in [0.15, 0.2) is 0 Å². The van der Waals surface area contributed by atoms with Crippen LogP contribution in [-0.4, -0.2) is 49.6 Å². The molecule has 0 aromatic heterocycles. The number of nitrogens with two attached hydrogens (primary N) is 1. The van der Waals surface area contributed by atoms with Crippen molar-refractivity contribution in [2.24, 2.45) is 5.73 Å². The van der Waals surface area contributed by atoms with Crippen LogP contribution in [0.1, 0.15) is 24.5 Å². The summed E-state index contributed by atoms with van der Waals surface area (Å²) in [5.74, 6) is 0.893. The van der Waals surface area contributed by atoms with Crippen LogP contribution in [0.2, 0.25) is 0 Å². The minimum absolute atomic E-state index is 0.529. The van der Waals surface area contributed by atoms with Crippen molar-refractivity contribution in [2.75, 3.05) is 39.8 Å². The summed E-state index contributed by atoms with van der Waals surface area (Å²) in [4.78, 5) is 5.07. The Morgan fingerprint density at radius 2 is 1.85 bits per heavy atom. The van der Waals surface area contributed by atoms with E-state index in [0.29, 0.717) is 6.54 Å². The third-order valence-electron chi connectivity index (χ3n) is 3.98. The van der Waals surface area contributed by atoms with Crippen LogP contribution in [0.15, 0.2) is 18.2 Å². The standard InChI is InChI=1S/C16H27N3O/c1-3-6-18-7-9-19(10-8-18)13-14-4-5-16(20-2)15(11-14)12-17/h4-5,11H,3,6-10,12-13,17H2,1-2H3. The van der Waals surface area contributed by atoms with E-state index in [-0.39, 0.29) is 0 Å². The molecule has 1 fully saturated rings. The molecule has 1 aliphatic heterocycles. The third-order valence-corrected chi connectivity index (χ3v) is 3.98. The highest BCUT2D eigenvalue weighted by Gasteiger charge is 2.16. The van der Waals surface area contributed by atoms with E-state index in [4.69, 9.17) is 10.5 Å². The Kier molecular flexibility index (Phi) is 5.83. The molecule has 2 rings (SSSR count). The van der Waals surface area contributed by atoms with Crippen LogP contribution in [0.5, 0.6) is 5.75 Å². The summed E-state index contributed by atoms with van der Waals surface area (Å²) in [6.45, 7) is 9.71. The maximum atomic E-state index is 5.78. The molecule has 0 saturated carbocycles. The lowest BCUT2D eigenvalue weighted by Crippen LogP contribution is -2.45. The number of hydrogen-bond donors (Lipinski definition) is 1. The molecule has 0 bridgehead atoms. The van der Waals surface area contributed by atoms with E-state index in [1.165, 1.54) is 31.6 Å². The number of hydrogen-bond acceptors (Lipinski definition) is 4. The fraction of sp³-hybridized carbons (Fsp3) is 0.625. The van der Waals surface area contributed by atoms with Crippen LogP contribution in [0.4, 0.5) is 0 Å². The second-order valence-electron chi connectivity index (χ2n) is 5.47. The smallest absolute Gasteiger partial charge is 0.123 e. The SMILES string of the molecule is CCCN1CCN(Cc2ccc(OC)c(CN)c2)CC1. The second-order valence-corrected chi connectivity index (χ2v) is 5.47. The van der Waals surface area contributed by atoms with Gasteiger partial charge in [-0.3, -0.25) is 4.90 Å². The topological polar surface area (TPSA) is 41.7 Å². The summed E-state index contributed by atoms with van der Waals surface area (Å²) in [5.41, 5.74) is 8.20. The van der Waals surface area contributed by atoms with Crippen LogP contribution < -0.4 is 10.5 Å². The highest BCUT2D eigenvalue weighted by Crippen LogP contribution is 2.20. The molecular weight excluding hydrogens is 250 g/mol. The number of rotatable bonds is 6. The highest BCUT2D eigenvalue weighted by molar-refractivity contribution is 5.37. The monoisotopic (exact) mass is 277 g/mol. The number of methoxy groups -OCH3 is 1. The molecule has 0 radical (unpaired) electrons. The minimum atomic E-state index is 0.529. The van der Waals surface area contributed by atoms with Crippen LogP contribution in [0.25, 0.3) is 0 Å². The minimum Gasteiger partial charge on any atom is -0.496 e. The summed E-state index contributed by atoms with van der Waals surface area (Å²) >= 11 is 0. The molecule has 0 aliphatic carbocycles. The maximum absolute atomic E-state index is 5.78. The summed E-state index contributed by atoms with van der Waals surface area (Å²) in [5, 5.41) is 0. The van der Waals surface area contributed by atoms with Crippen LogP contribution in [0, 0.1) is 0 Å². The van der Waals surface area contributed by atoms with Crippen molar-refractivity contribution in [1.29, 1.82) is 0 Å². The average Bonchev–Trinajstić information content (AvgIpc) is 2.49. The second kappa shape index (κ2) is 7.62. The van der Waals surface area contributed by atoms with E-state index in [1.54, 1.807) is 7.11 Å². The van der Waals surface area contributed by atoms with Gasteiger partial charge < -0.3 is 15.4 Å². The first-order valence-corrected chi connectivity index (χ1v) is 7.57. The van der Waals surface area contributed by atoms with Gasteiger partial charge in [0.1, 0.15) is 5.75 Å². The average molecular weight is 277 g/mol. The molecule has 20 heavy (non-hydrogen) atoms. The van der Waals surface area contributed by atoms with Gasteiger partial charge in [-0.1, -0.05) is 13.0 Å². The van der Waals surface area contributed by atoms with E-state index in [0.717, 1.165) is 30.9 Å². The Morgan fingerprint density at radius 1 is 1.15 bits per heavy atom. The van der Waals surface area contributed by atoms with Gasteiger partial charge in [0.25, 0.3) is 0 Å². The lowest BCUT2D eigenvalue weighted by Gasteiger charge is -2.34. The number of nitrogens with zero attached hydrogens (tertiary/aromatic N) is 2. The Balaban J connectivity index is 1.91. The molecule has 0 amide bonds. The molecule has 1 aliphatic rings. The molecule has 4 heteroatoms. The Hall–Kier alpha value is -1.10. The molecule has 0 unspecified atom stereocenters. The van der Waals surface area contributed by atoms with Crippen LogP contribution >= 0.6 is 0 Å². The van der Waals surface area contributed by atoms with E-state index < -0.39 is 0 Å². The number of benzene rings is 1. The van der Waals surface area contributed by atoms with Gasteiger partial charge in [-0.2, -0.15) is 0 Å². The van der Waals surface area contributed by atoms with E-state index in [1.807, 2.05) is 6.07 Å². The number of piperazine rings is 1. The predicted octanol–water partition coefficient (Wildman–Crippen LogP) is 1.68. The summed E-state index contributed by atoms with van der Waals surface area (Å²) in [6.07, 6.45) is 1.25. The lowest BCUT2D eigenvalue weighted by molar-refractivity contribution is 0.127. The molecule has 2 N–H and O–H groups in total. The van der Waals surface area contributed by atoms with Crippen molar-refractivity contribution in [3.63, 3.8) is 0 Å². The zero-order valence-corrected chi connectivity index (χ0v) is 12.8. The summed E-state index contributed by atoms with van der Waals surface area (Å²) in [7, 11) is 1.70. The van der Waals surface area contributed by atoms with Gasteiger partial charge in [-0.15, -0.1) is 0 Å². The summed E-state index contributed by atoms with van der Waals surface area (Å²) < 4.78 is 5.32. The molecule has 1 saturated heterocycles. The zero-order chi connectivity index (χ0) is 14.4. The first-order valence-electron chi connectivity index (χ1n) is 7.57. The Morgan fingerprint density at radius 3 is 2.45 bits per heavy atom. The fourth-order valence-electron chi connectivity index (χ4n) is 2.84. The van der Waals surface area contributed by atoms with Crippen molar-refractivity contribution >= 4 is 0 Å². The van der Waals surface area contributed by atoms with E-state index in [2.05, 4.69) is 28.9 Å². The van der Waals surface area contributed by atoms with E-state index >= 15 is 0 Å². The van der Waals surface area contributed by atoms with Gasteiger partial charge in [0, 0.05) is 44.8 Å². The molecular formula is C16H27N3O. The van der Waals surface area contributed by atoms with E-state index in [9.17, 15) is 0 Å². The first-order chi connectivity index (χ1) is 9.76. The zero-order valence-electron chi connectivity index (χ0n) is 12.8. The summed E-state index contributed by atoms with van der Waals surface area (Å²) in [6, 6.07) is 6.36. The van der Waals surface area contributed by atoms with Crippen molar-refractivity contribution < 1.29 is 4.74 Å². The Labute approximate surface area is 122 Å². The molecule has 0 spiro atoms. The predicted molar refractivity (Wildman–Crippen MR) is 82.9 cm³/mol. The van der Waals surface area contributed by atoms with Gasteiger partial charge in [-0.05, 0) is 30.7 Å². The van der Waals surface area contributed by atoms with Crippen molar-refractivity contribution in [1.82, 2.24) is 9.80 Å². The molecule has 1 aromatic rings. The van der Waals surface area contributed by atoms with Crippen molar-refractivity contribution in [3.8, 4) is 5.75 Å². The largest absolute Gasteiger partial charge is 0.496 e. The van der Waals surface area contributed by atoms with Gasteiger partial charge >= 0.3 is 0 Å². The maximum Gasteiger partial charge on any atom is 0.123 e. The van der Waals surface area contributed by atoms with Crippen LogP contribution in [-0.2, 0) is 13.1 Å². The molecule has 0 atom stereocenters. The van der Waals surface area contributed by atoms with Crippen molar-refractivity contribution in [2.45, 2.75) is 26.4 Å². The van der Waals surface area contributed by atoms with Gasteiger partial charge in [-0.25, -0.2) is 0 Å². The normalized spacial score (nSPS) is 17.4. The van der Waals surface area contributed by atoms with Gasteiger partial charge in [0.05, 0.1) is 7.11 Å². The van der Waals surface area contributed by atoms with Gasteiger partial charge in [0.2, 0.25) is 0 Å². The molecule has 1 heterocycles. The lowest BCUT2D eigenvalue weighted by atomic mass is 10.1. The molecule has 4 nitrogen and oxygen atoms in total. The Bertz CT molecular complexity index is 414. The fourth-order valence-corrected chi connectivity index (χ4v) is 2.84. The third kappa shape index (κ3) is 3.95. The number of ether oxygens (including phenoxy) is 1. The molecule has 112 valence electrons. The highest BCUT2D eigenvalue weighted by atomic mass is 16.5. The quantitative estimate of drug-likeness (QED) is 0.859. The molecule has 1 aromatic carbocycles. The van der Waals surface area contributed by atoms with Crippen molar-refractivity contribution in [3.05, 3.63) is 29.3 Å².